The van der Waals surface area contributed by atoms with Crippen LogP contribution in [0.2, 0.25) is 0 Å². The van der Waals surface area contributed by atoms with Crippen molar-refractivity contribution >= 4 is 18.3 Å². The summed E-state index contributed by atoms with van der Waals surface area (Å²) in [6.45, 7) is 2.00. The SMILES string of the molecule is CC(NC(=O)[C@@H]1CC[C@H](CN)O1)c1cccc(C(F)(F)F)c1.Cl. The number of carbonyl (C=O) groups is 1. The minimum absolute atomic E-state index is 0. The Kier molecular flexibility index (Phi) is 6.85. The first-order valence-electron chi connectivity index (χ1n) is 7.14. The normalized spacial score (nSPS) is 22.3. The van der Waals surface area contributed by atoms with Crippen LogP contribution < -0.4 is 11.1 Å². The predicted octanol–water partition coefficient (Wildman–Crippen LogP) is 2.81. The topological polar surface area (TPSA) is 64.4 Å². The van der Waals surface area contributed by atoms with Gasteiger partial charge in [0.2, 0.25) is 5.91 Å². The molecular formula is C15H20ClF3N2O2. The van der Waals surface area contributed by atoms with Gasteiger partial charge in [-0.2, -0.15) is 13.2 Å². The maximum absolute atomic E-state index is 12.7. The van der Waals surface area contributed by atoms with Gasteiger partial charge >= 0.3 is 6.18 Å². The van der Waals surface area contributed by atoms with Crippen molar-refractivity contribution in [1.82, 2.24) is 5.32 Å². The van der Waals surface area contributed by atoms with Gasteiger partial charge in [-0.25, -0.2) is 0 Å². The van der Waals surface area contributed by atoms with Gasteiger partial charge in [0.1, 0.15) is 6.10 Å². The minimum atomic E-state index is -4.40. The molecular weight excluding hydrogens is 333 g/mol. The van der Waals surface area contributed by atoms with E-state index in [9.17, 15) is 18.0 Å². The van der Waals surface area contributed by atoms with Crippen LogP contribution >= 0.6 is 12.4 Å². The van der Waals surface area contributed by atoms with Crippen molar-refractivity contribution in [2.24, 2.45) is 5.73 Å². The molecule has 1 aromatic rings. The van der Waals surface area contributed by atoms with Gasteiger partial charge in [-0.05, 0) is 37.5 Å². The monoisotopic (exact) mass is 352 g/mol. The summed E-state index contributed by atoms with van der Waals surface area (Å²) in [7, 11) is 0. The molecule has 4 nitrogen and oxygen atoms in total. The molecule has 0 aromatic heterocycles. The van der Waals surface area contributed by atoms with Crippen LogP contribution in [0.4, 0.5) is 13.2 Å². The Morgan fingerprint density at radius 2 is 2.13 bits per heavy atom. The van der Waals surface area contributed by atoms with Gasteiger partial charge in [-0.3, -0.25) is 4.79 Å². The molecule has 1 aliphatic rings. The number of hydrogen-bond acceptors (Lipinski definition) is 3. The Labute approximate surface area is 139 Å². The lowest BCUT2D eigenvalue weighted by molar-refractivity contribution is -0.137. The molecule has 0 saturated carbocycles. The molecule has 0 radical (unpaired) electrons. The first kappa shape index (κ1) is 19.7. The first-order valence-corrected chi connectivity index (χ1v) is 7.14. The van der Waals surface area contributed by atoms with Crippen LogP contribution in [0.5, 0.6) is 0 Å². The van der Waals surface area contributed by atoms with E-state index in [4.69, 9.17) is 10.5 Å². The van der Waals surface area contributed by atoms with Gasteiger partial charge in [0.05, 0.1) is 17.7 Å². The highest BCUT2D eigenvalue weighted by atomic mass is 35.5. The highest BCUT2D eigenvalue weighted by Crippen LogP contribution is 2.30. The van der Waals surface area contributed by atoms with Crippen molar-refractivity contribution < 1.29 is 22.7 Å². The molecule has 130 valence electrons. The lowest BCUT2D eigenvalue weighted by Crippen LogP contribution is -2.37. The average Bonchev–Trinajstić information content (AvgIpc) is 2.95. The third-order valence-electron chi connectivity index (χ3n) is 3.74. The second kappa shape index (κ2) is 7.99. The molecule has 23 heavy (non-hydrogen) atoms. The number of ether oxygens (including phenoxy) is 1. The summed E-state index contributed by atoms with van der Waals surface area (Å²) >= 11 is 0. The van der Waals surface area contributed by atoms with E-state index in [1.807, 2.05) is 0 Å². The molecule has 1 heterocycles. The molecule has 1 aliphatic heterocycles. The molecule has 3 atom stereocenters. The van der Waals surface area contributed by atoms with E-state index >= 15 is 0 Å². The Bertz CT molecular complexity index is 540. The van der Waals surface area contributed by atoms with Crippen LogP contribution in [0, 0.1) is 0 Å². The molecule has 1 aromatic carbocycles. The first-order chi connectivity index (χ1) is 10.3. The van der Waals surface area contributed by atoms with Gasteiger partial charge in [-0.1, -0.05) is 12.1 Å². The van der Waals surface area contributed by atoms with Crippen LogP contribution in [0.3, 0.4) is 0 Å². The zero-order chi connectivity index (χ0) is 16.3. The van der Waals surface area contributed by atoms with Gasteiger partial charge in [0, 0.05) is 6.54 Å². The van der Waals surface area contributed by atoms with Crippen molar-refractivity contribution in [2.45, 2.75) is 44.2 Å². The highest BCUT2D eigenvalue weighted by molar-refractivity contribution is 5.85. The van der Waals surface area contributed by atoms with Crippen molar-refractivity contribution in [3.05, 3.63) is 35.4 Å². The van der Waals surface area contributed by atoms with E-state index in [1.54, 1.807) is 13.0 Å². The van der Waals surface area contributed by atoms with Crippen LogP contribution in [-0.2, 0) is 15.7 Å². The number of amides is 1. The maximum atomic E-state index is 12.7. The smallest absolute Gasteiger partial charge is 0.364 e. The third-order valence-corrected chi connectivity index (χ3v) is 3.74. The highest BCUT2D eigenvalue weighted by Gasteiger charge is 2.32. The summed E-state index contributed by atoms with van der Waals surface area (Å²) in [5.41, 5.74) is 5.15. The van der Waals surface area contributed by atoms with E-state index in [2.05, 4.69) is 5.32 Å². The van der Waals surface area contributed by atoms with Crippen LogP contribution in [-0.4, -0.2) is 24.7 Å². The van der Waals surface area contributed by atoms with E-state index in [0.29, 0.717) is 24.9 Å². The largest absolute Gasteiger partial charge is 0.416 e. The van der Waals surface area contributed by atoms with E-state index < -0.39 is 23.9 Å². The predicted molar refractivity (Wildman–Crippen MR) is 82.2 cm³/mol. The van der Waals surface area contributed by atoms with E-state index in [-0.39, 0.29) is 24.4 Å². The van der Waals surface area contributed by atoms with Crippen molar-refractivity contribution in [3.8, 4) is 0 Å². The molecule has 1 unspecified atom stereocenters. The van der Waals surface area contributed by atoms with Gasteiger partial charge in [0.15, 0.2) is 0 Å². The van der Waals surface area contributed by atoms with Gasteiger partial charge in [-0.15, -0.1) is 12.4 Å². The molecule has 1 saturated heterocycles. The summed E-state index contributed by atoms with van der Waals surface area (Å²) in [6, 6.07) is 4.40. The lowest BCUT2D eigenvalue weighted by Gasteiger charge is -2.19. The summed E-state index contributed by atoms with van der Waals surface area (Å²) < 4.78 is 43.6. The number of benzene rings is 1. The second-order valence-corrected chi connectivity index (χ2v) is 5.41. The number of halogens is 4. The quantitative estimate of drug-likeness (QED) is 0.875. The number of carbonyl (C=O) groups excluding carboxylic acids is 1. The number of alkyl halides is 3. The molecule has 2 rings (SSSR count). The summed E-state index contributed by atoms with van der Waals surface area (Å²) in [5, 5.41) is 2.69. The number of rotatable bonds is 4. The van der Waals surface area contributed by atoms with Crippen LogP contribution in [0.25, 0.3) is 0 Å². The lowest BCUT2D eigenvalue weighted by atomic mass is 10.0. The Morgan fingerprint density at radius 3 is 2.70 bits per heavy atom. The summed E-state index contributed by atoms with van der Waals surface area (Å²) in [5.74, 6) is -0.319. The fourth-order valence-electron chi connectivity index (χ4n) is 2.45. The molecule has 0 spiro atoms. The number of hydrogen-bond donors (Lipinski definition) is 2. The van der Waals surface area contributed by atoms with Crippen LogP contribution in [0.15, 0.2) is 24.3 Å². The minimum Gasteiger partial charge on any atom is -0.364 e. The molecule has 0 aliphatic carbocycles. The van der Waals surface area contributed by atoms with Crippen LogP contribution in [0.1, 0.15) is 36.9 Å². The number of nitrogens with two attached hydrogens (primary N) is 1. The second-order valence-electron chi connectivity index (χ2n) is 5.41. The van der Waals surface area contributed by atoms with Gasteiger partial charge < -0.3 is 15.8 Å². The molecule has 1 amide bonds. The zero-order valence-corrected chi connectivity index (χ0v) is 13.4. The standard InChI is InChI=1S/C15H19F3N2O2.ClH/c1-9(10-3-2-4-11(7-10)15(16,17)18)20-14(21)13-6-5-12(8-19)22-13;/h2-4,7,9,12-13H,5-6,8,19H2,1H3,(H,20,21);1H/t9?,12-,13+;/m1./s1. The molecule has 1 fully saturated rings. The summed E-state index contributed by atoms with van der Waals surface area (Å²) in [6.07, 6.45) is -3.82. The zero-order valence-electron chi connectivity index (χ0n) is 12.6. The van der Waals surface area contributed by atoms with Crippen molar-refractivity contribution in [3.63, 3.8) is 0 Å². The fourth-order valence-corrected chi connectivity index (χ4v) is 2.45. The Morgan fingerprint density at radius 1 is 1.43 bits per heavy atom. The fraction of sp³-hybridized carbons (Fsp3) is 0.533. The van der Waals surface area contributed by atoms with Crippen molar-refractivity contribution in [2.75, 3.05) is 6.54 Å². The molecule has 3 N–H and O–H groups in total. The van der Waals surface area contributed by atoms with E-state index in [0.717, 1.165) is 12.1 Å². The molecule has 8 heteroatoms. The summed E-state index contributed by atoms with van der Waals surface area (Å²) in [4.78, 5) is 12.1. The average molecular weight is 353 g/mol. The maximum Gasteiger partial charge on any atom is 0.416 e. The van der Waals surface area contributed by atoms with E-state index in [1.165, 1.54) is 6.07 Å². The third kappa shape index (κ3) is 5.09. The number of nitrogens with one attached hydrogen (secondary N) is 1. The van der Waals surface area contributed by atoms with Gasteiger partial charge in [0.25, 0.3) is 0 Å². The Balaban J connectivity index is 0.00000264. The molecule has 0 bridgehead atoms. The Hall–Kier alpha value is -1.31. The van der Waals surface area contributed by atoms with Crippen molar-refractivity contribution in [1.29, 1.82) is 0 Å².